The predicted molar refractivity (Wildman–Crippen MR) is 86.5 cm³/mol. The molecule has 0 fully saturated rings. The Hall–Kier alpha value is -2.82. The summed E-state index contributed by atoms with van der Waals surface area (Å²) in [6.07, 6.45) is 1.07. The lowest BCUT2D eigenvalue weighted by Crippen LogP contribution is -2.15. The van der Waals surface area contributed by atoms with Crippen molar-refractivity contribution in [2.75, 3.05) is 21.3 Å². The first kappa shape index (κ1) is 15.1. The number of methoxy groups -OCH3 is 3. The van der Waals surface area contributed by atoms with Gasteiger partial charge in [0.2, 0.25) is 5.75 Å². The zero-order valence-corrected chi connectivity index (χ0v) is 13.2. The van der Waals surface area contributed by atoms with Crippen molar-refractivity contribution in [3.05, 3.63) is 53.3 Å². The molecule has 0 amide bonds. The van der Waals surface area contributed by atoms with Crippen molar-refractivity contribution in [3.8, 4) is 23.0 Å². The fourth-order valence-electron chi connectivity index (χ4n) is 2.58. The normalized spacial score (nSPS) is 16.0. The molecule has 1 heterocycles. The van der Waals surface area contributed by atoms with Gasteiger partial charge in [-0.15, -0.1) is 0 Å². The minimum absolute atomic E-state index is 0.134. The van der Waals surface area contributed by atoms with E-state index >= 15 is 0 Å². The molecule has 120 valence electrons. The second-order valence-electron chi connectivity index (χ2n) is 5.06. The molecule has 2 aromatic carbocycles. The van der Waals surface area contributed by atoms with Gasteiger partial charge in [-0.05, 0) is 30.3 Å². The zero-order chi connectivity index (χ0) is 16.4. The largest absolute Gasteiger partial charge is 0.508 e. The number of hydrogen-bond acceptors (Lipinski definition) is 5. The molecule has 0 saturated carbocycles. The molecule has 1 N–H and O–H groups in total. The Bertz CT molecular complexity index is 734. The molecule has 3 rings (SSSR count). The second kappa shape index (κ2) is 6.12. The van der Waals surface area contributed by atoms with Crippen molar-refractivity contribution in [3.63, 3.8) is 0 Å². The lowest BCUT2D eigenvalue weighted by atomic mass is 10.0. The number of fused-ring (bicyclic) bond motifs is 1. The molecule has 23 heavy (non-hydrogen) atoms. The van der Waals surface area contributed by atoms with Crippen LogP contribution in [-0.2, 0) is 0 Å². The first-order chi connectivity index (χ1) is 11.2. The van der Waals surface area contributed by atoms with Crippen LogP contribution in [0.5, 0.6) is 23.0 Å². The first-order valence-corrected chi connectivity index (χ1v) is 7.14. The van der Waals surface area contributed by atoms with Crippen LogP contribution < -0.4 is 18.9 Å². The highest BCUT2D eigenvalue weighted by molar-refractivity contribution is 5.69. The maximum atomic E-state index is 10.3. The molecule has 1 aliphatic heterocycles. The van der Waals surface area contributed by atoms with Gasteiger partial charge >= 0.3 is 0 Å². The van der Waals surface area contributed by atoms with Crippen LogP contribution in [0.2, 0.25) is 0 Å². The van der Waals surface area contributed by atoms with Crippen LogP contribution in [0.3, 0.4) is 0 Å². The minimum Gasteiger partial charge on any atom is -0.508 e. The van der Waals surface area contributed by atoms with Crippen molar-refractivity contribution >= 4 is 6.08 Å². The second-order valence-corrected chi connectivity index (χ2v) is 5.06. The van der Waals surface area contributed by atoms with E-state index in [-0.39, 0.29) is 5.76 Å². The van der Waals surface area contributed by atoms with Gasteiger partial charge in [-0.3, -0.25) is 0 Å². The van der Waals surface area contributed by atoms with Crippen molar-refractivity contribution in [2.45, 2.75) is 6.10 Å². The third-order valence-electron chi connectivity index (χ3n) is 3.76. The van der Waals surface area contributed by atoms with E-state index in [2.05, 4.69) is 0 Å². The third kappa shape index (κ3) is 2.65. The Labute approximate surface area is 134 Å². The van der Waals surface area contributed by atoms with Crippen LogP contribution in [0, 0.1) is 0 Å². The van der Waals surface area contributed by atoms with Gasteiger partial charge < -0.3 is 24.1 Å². The lowest BCUT2D eigenvalue weighted by molar-refractivity contribution is 0.167. The van der Waals surface area contributed by atoms with Crippen LogP contribution in [0.1, 0.15) is 17.2 Å². The van der Waals surface area contributed by atoms with Gasteiger partial charge in [0.1, 0.15) is 11.5 Å². The molecule has 0 saturated heterocycles. The SMILES string of the molecule is COc1ccc([C@H]2Oc3c(ccc(OC)c3OC)C=C2O)cc1. The Balaban J connectivity index is 2.02. The van der Waals surface area contributed by atoms with Gasteiger partial charge in [0.05, 0.1) is 21.3 Å². The van der Waals surface area contributed by atoms with Crippen LogP contribution in [0.15, 0.2) is 42.2 Å². The summed E-state index contributed by atoms with van der Waals surface area (Å²) in [5.74, 6) is 2.51. The van der Waals surface area contributed by atoms with Crippen LogP contribution >= 0.6 is 0 Å². The van der Waals surface area contributed by atoms with Gasteiger partial charge in [-0.2, -0.15) is 0 Å². The molecule has 2 aromatic rings. The predicted octanol–water partition coefficient (Wildman–Crippen LogP) is 3.75. The van der Waals surface area contributed by atoms with Crippen LogP contribution in [-0.4, -0.2) is 26.4 Å². The highest BCUT2D eigenvalue weighted by atomic mass is 16.5. The van der Waals surface area contributed by atoms with E-state index < -0.39 is 6.10 Å². The molecule has 0 aromatic heterocycles. The summed E-state index contributed by atoms with van der Waals surface area (Å²) in [6.45, 7) is 0. The number of rotatable bonds is 4. The summed E-state index contributed by atoms with van der Waals surface area (Å²) in [5, 5.41) is 10.3. The topological polar surface area (TPSA) is 57.2 Å². The Morgan fingerprint density at radius 3 is 2.26 bits per heavy atom. The fraction of sp³-hybridized carbons (Fsp3) is 0.222. The summed E-state index contributed by atoms with van der Waals surface area (Å²) in [7, 11) is 4.74. The fourth-order valence-corrected chi connectivity index (χ4v) is 2.58. The van der Waals surface area contributed by atoms with E-state index in [0.29, 0.717) is 17.2 Å². The lowest BCUT2D eigenvalue weighted by Gasteiger charge is -2.26. The van der Waals surface area contributed by atoms with Crippen molar-refractivity contribution in [1.29, 1.82) is 0 Å². The highest BCUT2D eigenvalue weighted by Gasteiger charge is 2.28. The standard InChI is InChI=1S/C18H18O5/c1-20-13-7-4-11(5-8-13)16-14(19)10-12-6-9-15(21-2)18(22-3)17(12)23-16/h4-10,16,19H,1-3H3/t16-/m1/s1. The van der Waals surface area contributed by atoms with E-state index in [9.17, 15) is 5.11 Å². The smallest absolute Gasteiger partial charge is 0.203 e. The maximum absolute atomic E-state index is 10.3. The quantitative estimate of drug-likeness (QED) is 0.931. The van der Waals surface area contributed by atoms with Crippen LogP contribution in [0.25, 0.3) is 6.08 Å². The van der Waals surface area contributed by atoms with Gasteiger partial charge in [0, 0.05) is 11.1 Å². The number of aliphatic hydroxyl groups excluding tert-OH is 1. The van der Waals surface area contributed by atoms with Crippen molar-refractivity contribution in [1.82, 2.24) is 0 Å². The molecule has 1 aliphatic rings. The van der Waals surface area contributed by atoms with Gasteiger partial charge in [-0.25, -0.2) is 0 Å². The summed E-state index contributed by atoms with van der Waals surface area (Å²) in [4.78, 5) is 0. The molecule has 0 spiro atoms. The Morgan fingerprint density at radius 2 is 1.65 bits per heavy atom. The van der Waals surface area contributed by atoms with Crippen molar-refractivity contribution < 1.29 is 24.1 Å². The van der Waals surface area contributed by atoms with Crippen molar-refractivity contribution in [2.24, 2.45) is 0 Å². The maximum Gasteiger partial charge on any atom is 0.203 e. The van der Waals surface area contributed by atoms with E-state index in [1.807, 2.05) is 30.3 Å². The summed E-state index contributed by atoms with van der Waals surface area (Å²) in [5.41, 5.74) is 1.56. The van der Waals surface area contributed by atoms with Crippen LogP contribution in [0.4, 0.5) is 0 Å². The summed E-state index contributed by atoms with van der Waals surface area (Å²) >= 11 is 0. The zero-order valence-electron chi connectivity index (χ0n) is 13.2. The third-order valence-corrected chi connectivity index (χ3v) is 3.76. The molecule has 5 heteroatoms. The molecular formula is C18H18O5. The first-order valence-electron chi connectivity index (χ1n) is 7.14. The highest BCUT2D eigenvalue weighted by Crippen LogP contribution is 2.46. The monoisotopic (exact) mass is 314 g/mol. The Morgan fingerprint density at radius 1 is 0.913 bits per heavy atom. The van der Waals surface area contributed by atoms with Gasteiger partial charge in [0.25, 0.3) is 0 Å². The summed E-state index contributed by atoms with van der Waals surface area (Å²) < 4.78 is 21.9. The van der Waals surface area contributed by atoms with Gasteiger partial charge in [0.15, 0.2) is 17.6 Å². The average Bonchev–Trinajstić information content (AvgIpc) is 2.60. The number of aliphatic hydroxyl groups is 1. The molecule has 5 nitrogen and oxygen atoms in total. The average molecular weight is 314 g/mol. The molecule has 1 atom stereocenters. The minimum atomic E-state index is -0.602. The van der Waals surface area contributed by atoms with Gasteiger partial charge in [-0.1, -0.05) is 12.1 Å². The number of benzene rings is 2. The number of ether oxygens (including phenoxy) is 4. The number of hydrogen-bond donors (Lipinski definition) is 1. The molecular weight excluding hydrogens is 296 g/mol. The molecule has 0 aliphatic carbocycles. The van der Waals surface area contributed by atoms with E-state index in [0.717, 1.165) is 16.9 Å². The van der Waals surface area contributed by atoms with E-state index in [1.54, 1.807) is 33.5 Å². The molecule has 0 bridgehead atoms. The molecule has 0 unspecified atom stereocenters. The van der Waals surface area contributed by atoms with E-state index in [4.69, 9.17) is 18.9 Å². The Kier molecular flexibility index (Phi) is 4.02. The molecule has 0 radical (unpaired) electrons. The van der Waals surface area contributed by atoms with E-state index in [1.165, 1.54) is 0 Å². The summed E-state index contributed by atoms with van der Waals surface area (Å²) in [6, 6.07) is 10.9.